The molecule has 2 aromatic rings. The van der Waals surface area contributed by atoms with E-state index < -0.39 is 0 Å². The summed E-state index contributed by atoms with van der Waals surface area (Å²) in [6.07, 6.45) is 13.7. The molecule has 1 N–H and O–H groups in total. The summed E-state index contributed by atoms with van der Waals surface area (Å²) < 4.78 is 11.3. The molecule has 2 aromatic heterocycles. The predicted octanol–water partition coefficient (Wildman–Crippen LogP) is 4.36. The SMILES string of the molecule is Cc1ncc(CNC2(c3noc(C4CCCC4)n3)CCCCCC2)o1. The van der Waals surface area contributed by atoms with Crippen LogP contribution in [0.1, 0.15) is 93.5 Å². The molecule has 0 bridgehead atoms. The van der Waals surface area contributed by atoms with Gasteiger partial charge in [-0.25, -0.2) is 4.98 Å². The Morgan fingerprint density at radius 2 is 1.88 bits per heavy atom. The molecule has 0 atom stereocenters. The van der Waals surface area contributed by atoms with Gasteiger partial charge in [-0.3, -0.25) is 5.32 Å². The fraction of sp³-hybridized carbons (Fsp3) is 0.737. The Labute approximate surface area is 148 Å². The van der Waals surface area contributed by atoms with E-state index in [1.54, 1.807) is 6.20 Å². The van der Waals surface area contributed by atoms with Crippen LogP contribution in [0.15, 0.2) is 15.1 Å². The Morgan fingerprint density at radius 3 is 2.56 bits per heavy atom. The van der Waals surface area contributed by atoms with Crippen LogP contribution < -0.4 is 5.32 Å². The summed E-state index contributed by atoms with van der Waals surface area (Å²) in [6, 6.07) is 0. The summed E-state index contributed by atoms with van der Waals surface area (Å²) in [4.78, 5) is 9.06. The van der Waals surface area contributed by atoms with Crippen molar-refractivity contribution in [3.8, 4) is 0 Å². The van der Waals surface area contributed by atoms with Crippen molar-refractivity contribution in [1.82, 2.24) is 20.4 Å². The van der Waals surface area contributed by atoms with Crippen molar-refractivity contribution < 1.29 is 8.94 Å². The summed E-state index contributed by atoms with van der Waals surface area (Å²) in [6.45, 7) is 2.52. The van der Waals surface area contributed by atoms with Crippen molar-refractivity contribution in [2.45, 2.75) is 89.1 Å². The van der Waals surface area contributed by atoms with Crippen LogP contribution in [0.5, 0.6) is 0 Å². The number of aryl methyl sites for hydroxylation is 1. The summed E-state index contributed by atoms with van der Waals surface area (Å²) in [7, 11) is 0. The van der Waals surface area contributed by atoms with Crippen molar-refractivity contribution in [1.29, 1.82) is 0 Å². The highest BCUT2D eigenvalue weighted by molar-refractivity contribution is 5.09. The van der Waals surface area contributed by atoms with E-state index in [-0.39, 0.29) is 5.54 Å². The molecule has 4 rings (SSSR count). The third-order valence-corrected chi connectivity index (χ3v) is 5.80. The van der Waals surface area contributed by atoms with E-state index >= 15 is 0 Å². The van der Waals surface area contributed by atoms with E-state index in [0.29, 0.717) is 18.4 Å². The van der Waals surface area contributed by atoms with Crippen molar-refractivity contribution in [3.63, 3.8) is 0 Å². The fourth-order valence-corrected chi connectivity index (χ4v) is 4.32. The van der Waals surface area contributed by atoms with Gasteiger partial charge in [-0.15, -0.1) is 0 Å². The Kier molecular flexibility index (Phi) is 4.88. The van der Waals surface area contributed by atoms with Crippen molar-refractivity contribution in [3.05, 3.63) is 29.6 Å². The quantitative estimate of drug-likeness (QED) is 0.812. The standard InChI is InChI=1S/C19H28N4O2/c1-14-20-12-16(24-14)13-21-19(10-6-2-3-7-11-19)18-22-17(25-23-18)15-8-4-5-9-15/h12,15,21H,2-11,13H2,1H3. The first kappa shape index (κ1) is 16.8. The minimum absolute atomic E-state index is 0.211. The van der Waals surface area contributed by atoms with E-state index in [9.17, 15) is 0 Å². The van der Waals surface area contributed by atoms with Crippen molar-refractivity contribution >= 4 is 0 Å². The number of oxazole rings is 1. The second-order valence-electron chi connectivity index (χ2n) is 7.63. The normalized spacial score (nSPS) is 21.5. The molecule has 0 amide bonds. The summed E-state index contributed by atoms with van der Waals surface area (Å²) in [5.41, 5.74) is -0.211. The topological polar surface area (TPSA) is 77.0 Å². The van der Waals surface area contributed by atoms with Gasteiger partial charge in [0, 0.05) is 12.8 Å². The summed E-state index contributed by atoms with van der Waals surface area (Å²) in [5.74, 6) is 3.71. The predicted molar refractivity (Wildman–Crippen MR) is 93.0 cm³/mol. The zero-order valence-corrected chi connectivity index (χ0v) is 15.1. The van der Waals surface area contributed by atoms with Crippen LogP contribution >= 0.6 is 0 Å². The number of hydrogen-bond acceptors (Lipinski definition) is 6. The third-order valence-electron chi connectivity index (χ3n) is 5.80. The molecule has 0 unspecified atom stereocenters. The van der Waals surface area contributed by atoms with Gasteiger partial charge in [0.25, 0.3) is 0 Å². The van der Waals surface area contributed by atoms with Gasteiger partial charge in [-0.1, -0.05) is 43.7 Å². The minimum Gasteiger partial charge on any atom is -0.445 e. The lowest BCUT2D eigenvalue weighted by atomic mass is 9.89. The number of hydrogen-bond donors (Lipinski definition) is 1. The first-order valence-electron chi connectivity index (χ1n) is 9.76. The highest BCUT2D eigenvalue weighted by Crippen LogP contribution is 2.38. The van der Waals surface area contributed by atoms with E-state index in [2.05, 4.69) is 15.5 Å². The molecule has 2 heterocycles. The third kappa shape index (κ3) is 3.64. The molecule has 2 saturated carbocycles. The summed E-state index contributed by atoms with van der Waals surface area (Å²) in [5, 5.41) is 8.13. The molecule has 2 fully saturated rings. The average Bonchev–Trinajstić information content (AvgIpc) is 3.34. The lowest BCUT2D eigenvalue weighted by Crippen LogP contribution is -2.42. The zero-order chi connectivity index (χ0) is 17.1. The van der Waals surface area contributed by atoms with Crippen LogP contribution in [0, 0.1) is 6.92 Å². The Morgan fingerprint density at radius 1 is 1.12 bits per heavy atom. The Balaban J connectivity index is 1.56. The average molecular weight is 344 g/mol. The molecule has 2 aliphatic rings. The smallest absolute Gasteiger partial charge is 0.229 e. The molecule has 2 aliphatic carbocycles. The number of nitrogens with zero attached hydrogens (tertiary/aromatic N) is 3. The molecule has 0 spiro atoms. The molecule has 6 nitrogen and oxygen atoms in total. The maximum absolute atomic E-state index is 5.69. The van der Waals surface area contributed by atoms with Gasteiger partial charge in [0.05, 0.1) is 18.3 Å². The lowest BCUT2D eigenvalue weighted by molar-refractivity contribution is 0.248. The Bertz CT molecular complexity index is 679. The fourth-order valence-electron chi connectivity index (χ4n) is 4.32. The van der Waals surface area contributed by atoms with E-state index in [0.717, 1.165) is 30.3 Å². The van der Waals surface area contributed by atoms with Crippen molar-refractivity contribution in [2.75, 3.05) is 0 Å². The molecule has 25 heavy (non-hydrogen) atoms. The zero-order valence-electron chi connectivity index (χ0n) is 15.1. The number of aromatic nitrogens is 3. The van der Waals surface area contributed by atoms with Crippen LogP contribution in [0.2, 0.25) is 0 Å². The van der Waals surface area contributed by atoms with Gasteiger partial charge in [0.15, 0.2) is 11.7 Å². The highest BCUT2D eigenvalue weighted by atomic mass is 16.5. The second kappa shape index (κ2) is 7.28. The first-order valence-corrected chi connectivity index (χ1v) is 9.76. The maximum Gasteiger partial charge on any atom is 0.229 e. The lowest BCUT2D eigenvalue weighted by Gasteiger charge is -2.30. The van der Waals surface area contributed by atoms with Gasteiger partial charge >= 0.3 is 0 Å². The van der Waals surface area contributed by atoms with Crippen LogP contribution in [0.3, 0.4) is 0 Å². The largest absolute Gasteiger partial charge is 0.445 e. The first-order chi connectivity index (χ1) is 12.3. The monoisotopic (exact) mass is 344 g/mol. The number of nitrogens with one attached hydrogen (secondary N) is 1. The molecule has 0 aliphatic heterocycles. The van der Waals surface area contributed by atoms with Gasteiger partial charge in [-0.05, 0) is 25.7 Å². The van der Waals surface area contributed by atoms with Gasteiger partial charge in [0.2, 0.25) is 5.89 Å². The van der Waals surface area contributed by atoms with Crippen LogP contribution in [-0.4, -0.2) is 15.1 Å². The van der Waals surface area contributed by atoms with Crippen LogP contribution in [0.4, 0.5) is 0 Å². The molecule has 136 valence electrons. The molecule has 0 radical (unpaired) electrons. The van der Waals surface area contributed by atoms with Crippen LogP contribution in [0.25, 0.3) is 0 Å². The molecule has 0 aromatic carbocycles. The van der Waals surface area contributed by atoms with Gasteiger partial charge < -0.3 is 8.94 Å². The van der Waals surface area contributed by atoms with Crippen LogP contribution in [-0.2, 0) is 12.1 Å². The minimum atomic E-state index is -0.211. The molecular formula is C19H28N4O2. The van der Waals surface area contributed by atoms with E-state index in [1.165, 1.54) is 51.4 Å². The highest BCUT2D eigenvalue weighted by Gasteiger charge is 2.38. The maximum atomic E-state index is 5.69. The summed E-state index contributed by atoms with van der Waals surface area (Å²) >= 11 is 0. The van der Waals surface area contributed by atoms with Gasteiger partial charge in [0.1, 0.15) is 5.76 Å². The number of rotatable bonds is 5. The van der Waals surface area contributed by atoms with E-state index in [4.69, 9.17) is 13.9 Å². The van der Waals surface area contributed by atoms with E-state index in [1.807, 2.05) is 6.92 Å². The van der Waals surface area contributed by atoms with Crippen molar-refractivity contribution in [2.24, 2.45) is 0 Å². The molecular weight excluding hydrogens is 316 g/mol. The molecule has 6 heteroatoms. The molecule has 0 saturated heterocycles. The van der Waals surface area contributed by atoms with Gasteiger partial charge in [-0.2, -0.15) is 4.98 Å². The second-order valence-corrected chi connectivity index (χ2v) is 7.63. The Hall–Kier alpha value is -1.69.